The van der Waals surface area contributed by atoms with Gasteiger partial charge in [-0.15, -0.1) is 11.8 Å². The Bertz CT molecular complexity index is 963. The first kappa shape index (κ1) is 21.2. The number of rotatable bonds is 5. The molecule has 28 heavy (non-hydrogen) atoms. The molecule has 1 heterocycles. The Morgan fingerprint density at radius 2 is 1.68 bits per heavy atom. The van der Waals surface area contributed by atoms with E-state index in [-0.39, 0.29) is 37.8 Å². The molecule has 0 N–H and O–H groups in total. The number of carbonyl (C=O) groups is 1. The van der Waals surface area contributed by atoms with Crippen LogP contribution in [0.15, 0.2) is 56.7 Å². The Kier molecular flexibility index (Phi) is 6.74. The summed E-state index contributed by atoms with van der Waals surface area (Å²) in [5.41, 5.74) is 0. The molecule has 150 valence electrons. The molecule has 1 aliphatic rings. The van der Waals surface area contributed by atoms with Crippen LogP contribution in [0.4, 0.5) is 8.78 Å². The Morgan fingerprint density at radius 1 is 1.04 bits per heavy atom. The third kappa shape index (κ3) is 4.91. The fourth-order valence-electron chi connectivity index (χ4n) is 2.77. The van der Waals surface area contributed by atoms with Crippen LogP contribution in [-0.2, 0) is 14.8 Å². The van der Waals surface area contributed by atoms with Crippen LogP contribution < -0.4 is 0 Å². The number of amides is 1. The van der Waals surface area contributed by atoms with Crippen LogP contribution in [0.2, 0.25) is 0 Å². The standard InChI is InChI=1S/C18H17BrF2N2O3S2/c19-13-1-4-15(5-2-13)27-12-18(24)22-7-9-23(10-8-22)28(25,26)17-6-3-14(20)11-16(17)21/h1-6,11H,7-10,12H2. The zero-order valence-corrected chi connectivity index (χ0v) is 17.9. The lowest BCUT2D eigenvalue weighted by Crippen LogP contribution is -2.51. The number of nitrogens with zero attached hydrogens (tertiary/aromatic N) is 2. The summed E-state index contributed by atoms with van der Waals surface area (Å²) in [4.78, 5) is 14.4. The molecule has 0 bridgehead atoms. The number of hydrogen-bond acceptors (Lipinski definition) is 4. The molecule has 0 atom stereocenters. The van der Waals surface area contributed by atoms with E-state index in [4.69, 9.17) is 0 Å². The lowest BCUT2D eigenvalue weighted by molar-refractivity contribution is -0.129. The number of halogens is 3. The van der Waals surface area contributed by atoms with Crippen LogP contribution >= 0.6 is 27.7 Å². The molecule has 1 amide bonds. The van der Waals surface area contributed by atoms with Gasteiger partial charge in [-0.1, -0.05) is 15.9 Å². The Morgan fingerprint density at radius 3 is 2.29 bits per heavy atom. The molecule has 0 unspecified atom stereocenters. The van der Waals surface area contributed by atoms with Crippen LogP contribution in [0.25, 0.3) is 0 Å². The van der Waals surface area contributed by atoms with Crippen molar-refractivity contribution < 1.29 is 22.0 Å². The topological polar surface area (TPSA) is 57.7 Å². The van der Waals surface area contributed by atoms with Crippen molar-refractivity contribution in [1.29, 1.82) is 0 Å². The number of benzene rings is 2. The highest BCUT2D eigenvalue weighted by molar-refractivity contribution is 9.10. The molecule has 2 aromatic rings. The first-order chi connectivity index (χ1) is 13.3. The third-order valence-electron chi connectivity index (χ3n) is 4.28. The summed E-state index contributed by atoms with van der Waals surface area (Å²) in [6.07, 6.45) is 0. The molecule has 1 fully saturated rings. The lowest BCUT2D eigenvalue weighted by atomic mass is 10.3. The van der Waals surface area contributed by atoms with Crippen LogP contribution in [0, 0.1) is 11.6 Å². The van der Waals surface area contributed by atoms with Crippen LogP contribution in [0.1, 0.15) is 0 Å². The van der Waals surface area contributed by atoms with Gasteiger partial charge < -0.3 is 4.90 Å². The summed E-state index contributed by atoms with van der Waals surface area (Å²) in [5.74, 6) is -1.79. The maximum absolute atomic E-state index is 13.9. The van der Waals surface area contributed by atoms with Crippen molar-refractivity contribution in [3.8, 4) is 0 Å². The summed E-state index contributed by atoms with van der Waals surface area (Å²) >= 11 is 4.76. The lowest BCUT2D eigenvalue weighted by Gasteiger charge is -2.34. The molecule has 0 aromatic heterocycles. The molecule has 10 heteroatoms. The quantitative estimate of drug-likeness (QED) is 0.603. The summed E-state index contributed by atoms with van der Waals surface area (Å²) in [7, 11) is -4.07. The molecule has 1 saturated heterocycles. The Labute approximate surface area is 174 Å². The largest absolute Gasteiger partial charge is 0.339 e. The van der Waals surface area contributed by atoms with Crippen LogP contribution in [0.3, 0.4) is 0 Å². The molecule has 1 aliphatic heterocycles. The van der Waals surface area contributed by atoms with Gasteiger partial charge in [-0.2, -0.15) is 4.31 Å². The van der Waals surface area contributed by atoms with E-state index in [1.165, 1.54) is 11.8 Å². The zero-order chi connectivity index (χ0) is 20.3. The van der Waals surface area contributed by atoms with E-state index < -0.39 is 26.6 Å². The second-order valence-corrected chi connectivity index (χ2v) is 9.97. The van der Waals surface area contributed by atoms with Crippen molar-refractivity contribution >= 4 is 43.6 Å². The van der Waals surface area contributed by atoms with Gasteiger partial charge in [0.2, 0.25) is 15.9 Å². The highest BCUT2D eigenvalue weighted by atomic mass is 79.9. The van der Waals surface area contributed by atoms with Crippen molar-refractivity contribution in [1.82, 2.24) is 9.21 Å². The Balaban J connectivity index is 1.57. The van der Waals surface area contributed by atoms with Crippen LogP contribution in [-0.4, -0.2) is 55.5 Å². The number of carbonyl (C=O) groups excluding carboxylic acids is 1. The number of hydrogen-bond donors (Lipinski definition) is 0. The van der Waals surface area contributed by atoms with Gasteiger partial charge in [-0.05, 0) is 36.4 Å². The summed E-state index contributed by atoms with van der Waals surface area (Å²) in [6, 6.07) is 9.98. The van der Waals surface area contributed by atoms with Crippen molar-refractivity contribution in [2.45, 2.75) is 9.79 Å². The fraction of sp³-hybridized carbons (Fsp3) is 0.278. The smallest absolute Gasteiger partial charge is 0.246 e. The monoisotopic (exact) mass is 490 g/mol. The average molecular weight is 491 g/mol. The first-order valence-electron chi connectivity index (χ1n) is 8.39. The van der Waals surface area contributed by atoms with Gasteiger partial charge in [0.15, 0.2) is 0 Å². The number of piperazine rings is 1. The predicted octanol–water partition coefficient (Wildman–Crippen LogP) is 3.35. The molecule has 0 spiro atoms. The predicted molar refractivity (Wildman–Crippen MR) is 107 cm³/mol. The first-order valence-corrected chi connectivity index (χ1v) is 11.6. The van der Waals surface area contributed by atoms with Crippen molar-refractivity contribution in [3.63, 3.8) is 0 Å². The third-order valence-corrected chi connectivity index (χ3v) is 7.74. The number of sulfonamides is 1. The second kappa shape index (κ2) is 8.89. The molecule has 3 rings (SSSR count). The molecule has 0 aliphatic carbocycles. The average Bonchev–Trinajstić information content (AvgIpc) is 2.67. The van der Waals surface area contributed by atoms with Gasteiger partial charge in [0.25, 0.3) is 0 Å². The van der Waals surface area contributed by atoms with Crippen LogP contribution in [0.5, 0.6) is 0 Å². The molecule has 5 nitrogen and oxygen atoms in total. The van der Waals surface area contributed by atoms with Gasteiger partial charge in [-0.3, -0.25) is 4.79 Å². The van der Waals surface area contributed by atoms with Crippen molar-refractivity contribution in [2.24, 2.45) is 0 Å². The van der Waals surface area contributed by atoms with Crippen molar-refractivity contribution in [3.05, 3.63) is 58.6 Å². The van der Waals surface area contributed by atoms with E-state index in [0.717, 1.165) is 25.8 Å². The highest BCUT2D eigenvalue weighted by Gasteiger charge is 2.32. The van der Waals surface area contributed by atoms with Gasteiger partial charge in [0.1, 0.15) is 16.5 Å². The summed E-state index contributed by atoms with van der Waals surface area (Å²) in [5, 5.41) is 0. The van der Waals surface area contributed by atoms with E-state index in [9.17, 15) is 22.0 Å². The van der Waals surface area contributed by atoms with E-state index in [0.29, 0.717) is 6.07 Å². The summed E-state index contributed by atoms with van der Waals surface area (Å²) < 4.78 is 54.2. The fourth-order valence-corrected chi connectivity index (χ4v) is 5.30. The SMILES string of the molecule is O=C(CSc1ccc(Br)cc1)N1CCN(S(=O)(=O)c2ccc(F)cc2F)CC1. The molecular weight excluding hydrogens is 474 g/mol. The van der Waals surface area contributed by atoms with Gasteiger partial charge in [0, 0.05) is 41.6 Å². The number of thioether (sulfide) groups is 1. The molecule has 2 aromatic carbocycles. The van der Waals surface area contributed by atoms with E-state index in [1.54, 1.807) is 4.90 Å². The normalized spacial score (nSPS) is 15.6. The maximum atomic E-state index is 13.9. The Hall–Kier alpha value is -1.49. The maximum Gasteiger partial charge on any atom is 0.246 e. The minimum absolute atomic E-state index is 0.0633. The second-order valence-electron chi connectivity index (χ2n) is 6.10. The highest BCUT2D eigenvalue weighted by Crippen LogP contribution is 2.23. The molecule has 0 saturated carbocycles. The molecular formula is C18H17BrF2N2O3S2. The van der Waals surface area contributed by atoms with Crippen molar-refractivity contribution in [2.75, 3.05) is 31.9 Å². The summed E-state index contributed by atoms with van der Waals surface area (Å²) in [6.45, 7) is 0.575. The van der Waals surface area contributed by atoms with E-state index in [2.05, 4.69) is 15.9 Å². The zero-order valence-electron chi connectivity index (χ0n) is 14.6. The van der Waals surface area contributed by atoms with Gasteiger partial charge in [-0.25, -0.2) is 17.2 Å². The van der Waals surface area contributed by atoms with Gasteiger partial charge in [0.05, 0.1) is 5.75 Å². The minimum atomic E-state index is -4.07. The minimum Gasteiger partial charge on any atom is -0.339 e. The van der Waals surface area contributed by atoms with Gasteiger partial charge >= 0.3 is 0 Å². The molecule has 0 radical (unpaired) electrons. The van der Waals surface area contributed by atoms with E-state index in [1.807, 2.05) is 24.3 Å². The van der Waals surface area contributed by atoms with E-state index >= 15 is 0 Å².